The molecule has 0 aromatic carbocycles. The Hall–Kier alpha value is -1.42. The highest BCUT2D eigenvalue weighted by atomic mass is 16.2. The topological polar surface area (TPSA) is 59.2 Å². The molecule has 1 heterocycles. The van der Waals surface area contributed by atoms with Gasteiger partial charge in [-0.2, -0.15) is 0 Å². The number of aromatic nitrogens is 1. The fraction of sp³-hybridized carbons (Fsp3) is 0.571. The molecule has 0 bridgehead atoms. The molecule has 0 aliphatic rings. The molecule has 1 amide bonds. The van der Waals surface area contributed by atoms with Crippen LogP contribution in [0.3, 0.4) is 0 Å². The zero-order valence-electron chi connectivity index (χ0n) is 11.7. The predicted molar refractivity (Wildman–Crippen MR) is 72.8 cm³/mol. The smallest absolute Gasteiger partial charge is 0.240 e. The number of hydrogen-bond donors (Lipinski definition) is 1. The van der Waals surface area contributed by atoms with Crippen LogP contribution in [0.2, 0.25) is 0 Å². The first-order valence-electron chi connectivity index (χ1n) is 6.29. The number of pyridine rings is 1. The second-order valence-corrected chi connectivity index (χ2v) is 5.55. The number of carbonyl (C=O) groups excluding carboxylic acids is 1. The van der Waals surface area contributed by atoms with Crippen molar-refractivity contribution in [1.82, 2.24) is 9.88 Å². The molecule has 1 aromatic rings. The van der Waals surface area contributed by atoms with Gasteiger partial charge in [0.05, 0.1) is 6.04 Å². The van der Waals surface area contributed by atoms with Crippen LogP contribution in [0.15, 0.2) is 24.5 Å². The summed E-state index contributed by atoms with van der Waals surface area (Å²) < 4.78 is 0. The van der Waals surface area contributed by atoms with Gasteiger partial charge in [-0.3, -0.25) is 9.78 Å². The molecular weight excluding hydrogens is 226 g/mol. The highest BCUT2D eigenvalue weighted by molar-refractivity contribution is 5.82. The minimum atomic E-state index is -0.473. The van der Waals surface area contributed by atoms with Gasteiger partial charge < -0.3 is 10.6 Å². The summed E-state index contributed by atoms with van der Waals surface area (Å²) in [5, 5.41) is 0. The van der Waals surface area contributed by atoms with Gasteiger partial charge in [-0.25, -0.2) is 0 Å². The van der Waals surface area contributed by atoms with Crippen LogP contribution in [0, 0.1) is 5.41 Å². The van der Waals surface area contributed by atoms with Gasteiger partial charge in [0.25, 0.3) is 0 Å². The molecule has 1 atom stereocenters. The molecule has 2 N–H and O–H groups in total. The van der Waals surface area contributed by atoms with E-state index in [4.69, 9.17) is 5.73 Å². The lowest BCUT2D eigenvalue weighted by Gasteiger charge is -2.31. The number of amides is 1. The Kier molecular flexibility index (Phi) is 4.84. The summed E-state index contributed by atoms with van der Waals surface area (Å²) in [7, 11) is 0. The number of likely N-dealkylation sites (N-methyl/N-ethyl adjacent to an activating group) is 1. The van der Waals surface area contributed by atoms with E-state index in [1.54, 1.807) is 17.3 Å². The van der Waals surface area contributed by atoms with Crippen LogP contribution in [0.5, 0.6) is 0 Å². The average molecular weight is 249 g/mol. The fourth-order valence-corrected chi connectivity index (χ4v) is 1.62. The first-order chi connectivity index (χ1) is 8.36. The zero-order chi connectivity index (χ0) is 13.8. The SMILES string of the molecule is CCN(Cc1ccncc1)C(=O)[C@H](N)C(C)(C)C. The molecular formula is C14H23N3O. The van der Waals surface area contributed by atoms with Gasteiger partial charge in [-0.1, -0.05) is 20.8 Å². The van der Waals surface area contributed by atoms with Crippen molar-refractivity contribution in [3.05, 3.63) is 30.1 Å². The van der Waals surface area contributed by atoms with Crippen LogP contribution in [0.1, 0.15) is 33.3 Å². The fourth-order valence-electron chi connectivity index (χ4n) is 1.62. The molecule has 100 valence electrons. The van der Waals surface area contributed by atoms with E-state index in [1.807, 2.05) is 39.8 Å². The van der Waals surface area contributed by atoms with Crippen LogP contribution in [0.25, 0.3) is 0 Å². The van der Waals surface area contributed by atoms with Crippen molar-refractivity contribution in [2.75, 3.05) is 6.54 Å². The van der Waals surface area contributed by atoms with Crippen molar-refractivity contribution in [3.8, 4) is 0 Å². The van der Waals surface area contributed by atoms with Crippen molar-refractivity contribution in [3.63, 3.8) is 0 Å². The third-order valence-electron chi connectivity index (χ3n) is 3.02. The molecule has 0 saturated heterocycles. The molecule has 0 aliphatic carbocycles. The van der Waals surface area contributed by atoms with E-state index < -0.39 is 6.04 Å². The molecule has 0 fully saturated rings. The third-order valence-corrected chi connectivity index (χ3v) is 3.02. The summed E-state index contributed by atoms with van der Waals surface area (Å²) in [6.07, 6.45) is 3.47. The first-order valence-corrected chi connectivity index (χ1v) is 6.29. The van der Waals surface area contributed by atoms with E-state index in [0.717, 1.165) is 5.56 Å². The Balaban J connectivity index is 2.75. The van der Waals surface area contributed by atoms with E-state index in [9.17, 15) is 4.79 Å². The normalized spacial score (nSPS) is 13.2. The zero-order valence-corrected chi connectivity index (χ0v) is 11.7. The maximum absolute atomic E-state index is 12.3. The van der Waals surface area contributed by atoms with Crippen molar-refractivity contribution in [2.45, 2.75) is 40.3 Å². The Morgan fingerprint density at radius 2 is 1.94 bits per heavy atom. The second kappa shape index (κ2) is 5.96. The molecule has 1 rings (SSSR count). The Morgan fingerprint density at radius 3 is 2.39 bits per heavy atom. The maximum Gasteiger partial charge on any atom is 0.240 e. The quantitative estimate of drug-likeness (QED) is 0.885. The summed E-state index contributed by atoms with van der Waals surface area (Å²) in [6.45, 7) is 9.16. The summed E-state index contributed by atoms with van der Waals surface area (Å²) >= 11 is 0. The van der Waals surface area contributed by atoms with E-state index in [1.165, 1.54) is 0 Å². The number of nitrogens with zero attached hydrogens (tertiary/aromatic N) is 2. The standard InChI is InChI=1S/C14H23N3O/c1-5-17(10-11-6-8-16-9-7-11)13(18)12(15)14(2,3)4/h6-9,12H,5,10,15H2,1-4H3/t12-/m0/s1. The number of nitrogens with two attached hydrogens (primary N) is 1. The van der Waals surface area contributed by atoms with Gasteiger partial charge >= 0.3 is 0 Å². The highest BCUT2D eigenvalue weighted by Crippen LogP contribution is 2.19. The lowest BCUT2D eigenvalue weighted by Crippen LogP contribution is -2.50. The Morgan fingerprint density at radius 1 is 1.39 bits per heavy atom. The predicted octanol–water partition coefficient (Wildman–Crippen LogP) is 1.80. The number of hydrogen-bond acceptors (Lipinski definition) is 3. The summed E-state index contributed by atoms with van der Waals surface area (Å²) in [5.41, 5.74) is 6.87. The van der Waals surface area contributed by atoms with Crippen molar-refractivity contribution < 1.29 is 4.79 Å². The van der Waals surface area contributed by atoms with Gasteiger partial charge in [0.15, 0.2) is 0 Å². The van der Waals surface area contributed by atoms with Crippen molar-refractivity contribution in [1.29, 1.82) is 0 Å². The number of carbonyl (C=O) groups is 1. The molecule has 0 unspecified atom stereocenters. The lowest BCUT2D eigenvalue weighted by molar-refractivity contribution is -0.135. The molecule has 4 heteroatoms. The summed E-state index contributed by atoms with van der Waals surface area (Å²) in [4.78, 5) is 18.1. The van der Waals surface area contributed by atoms with Crippen LogP contribution < -0.4 is 5.73 Å². The minimum Gasteiger partial charge on any atom is -0.337 e. The van der Waals surface area contributed by atoms with E-state index in [2.05, 4.69) is 4.98 Å². The first kappa shape index (κ1) is 14.6. The van der Waals surface area contributed by atoms with E-state index >= 15 is 0 Å². The van der Waals surface area contributed by atoms with Gasteiger partial charge in [-0.05, 0) is 30.0 Å². The van der Waals surface area contributed by atoms with E-state index in [0.29, 0.717) is 13.1 Å². The minimum absolute atomic E-state index is 0.00168. The third kappa shape index (κ3) is 3.81. The number of rotatable bonds is 4. The molecule has 0 radical (unpaired) electrons. The largest absolute Gasteiger partial charge is 0.337 e. The molecule has 0 saturated carbocycles. The Labute approximate surface area is 109 Å². The summed E-state index contributed by atoms with van der Waals surface area (Å²) in [5.74, 6) is 0.00168. The van der Waals surface area contributed by atoms with Crippen LogP contribution in [0.4, 0.5) is 0 Å². The molecule has 0 spiro atoms. The van der Waals surface area contributed by atoms with Crippen molar-refractivity contribution >= 4 is 5.91 Å². The molecule has 0 aliphatic heterocycles. The monoisotopic (exact) mass is 249 g/mol. The van der Waals surface area contributed by atoms with Crippen LogP contribution in [-0.2, 0) is 11.3 Å². The molecule has 18 heavy (non-hydrogen) atoms. The second-order valence-electron chi connectivity index (χ2n) is 5.55. The molecule has 4 nitrogen and oxygen atoms in total. The van der Waals surface area contributed by atoms with Gasteiger partial charge in [-0.15, -0.1) is 0 Å². The van der Waals surface area contributed by atoms with E-state index in [-0.39, 0.29) is 11.3 Å². The summed E-state index contributed by atoms with van der Waals surface area (Å²) in [6, 6.07) is 3.36. The average Bonchev–Trinajstić information content (AvgIpc) is 2.34. The maximum atomic E-state index is 12.3. The molecule has 1 aromatic heterocycles. The van der Waals surface area contributed by atoms with Crippen LogP contribution in [-0.4, -0.2) is 28.4 Å². The highest BCUT2D eigenvalue weighted by Gasteiger charge is 2.30. The van der Waals surface area contributed by atoms with Gasteiger partial charge in [0.1, 0.15) is 0 Å². The van der Waals surface area contributed by atoms with Crippen molar-refractivity contribution in [2.24, 2.45) is 11.1 Å². The van der Waals surface area contributed by atoms with Crippen LogP contribution >= 0.6 is 0 Å². The Bertz CT molecular complexity index is 384. The lowest BCUT2D eigenvalue weighted by atomic mass is 9.86. The van der Waals surface area contributed by atoms with Gasteiger partial charge in [0.2, 0.25) is 5.91 Å². The van der Waals surface area contributed by atoms with Gasteiger partial charge in [0, 0.05) is 25.5 Å².